The zero-order valence-corrected chi connectivity index (χ0v) is 20.1. The van der Waals surface area contributed by atoms with Gasteiger partial charge in [0, 0.05) is 68.2 Å². The first-order valence-corrected chi connectivity index (χ1v) is 12.0. The first kappa shape index (κ1) is 22.9. The monoisotopic (exact) mass is 483 g/mol. The maximum atomic E-state index is 12.6. The Morgan fingerprint density at radius 3 is 2.43 bits per heavy atom. The fraction of sp³-hybridized carbons (Fsp3) is 0.179. The van der Waals surface area contributed by atoms with Crippen LogP contribution in [-0.4, -0.2) is 51.5 Å². The Hall–Kier alpha value is -3.90. The van der Waals surface area contributed by atoms with E-state index in [0.29, 0.717) is 18.7 Å². The number of pyridine rings is 1. The summed E-state index contributed by atoms with van der Waals surface area (Å²) in [5.41, 5.74) is 5.12. The third-order valence-electron chi connectivity index (χ3n) is 6.11. The number of carbonyl (C=O) groups is 1. The molecule has 0 spiro atoms. The average Bonchev–Trinajstić information content (AvgIpc) is 3.41. The van der Waals surface area contributed by atoms with Crippen molar-refractivity contribution >= 4 is 35.3 Å². The Kier molecular flexibility index (Phi) is 6.91. The number of piperazine rings is 1. The average molecular weight is 484 g/mol. The van der Waals surface area contributed by atoms with Crippen LogP contribution < -0.4 is 4.90 Å². The molecule has 0 atom stereocenters. The summed E-state index contributed by atoms with van der Waals surface area (Å²) in [4.78, 5) is 25.0. The molecule has 1 fully saturated rings. The van der Waals surface area contributed by atoms with Crippen molar-refractivity contribution in [2.75, 3.05) is 31.1 Å². The Bertz CT molecular complexity index is 1300. The summed E-state index contributed by atoms with van der Waals surface area (Å²) in [5, 5.41) is 0.721. The molecule has 2 aromatic carbocycles. The summed E-state index contributed by atoms with van der Waals surface area (Å²) < 4.78 is 2.02. The van der Waals surface area contributed by atoms with E-state index in [0.717, 1.165) is 41.3 Å². The molecule has 2 aromatic heterocycles. The second kappa shape index (κ2) is 10.6. The van der Waals surface area contributed by atoms with Crippen LogP contribution in [-0.2, 0) is 6.54 Å². The van der Waals surface area contributed by atoms with Gasteiger partial charge in [0.1, 0.15) is 0 Å². The number of carbonyl (C=O) groups excluding carboxylic acids is 1. The number of imidazole rings is 1. The smallest absolute Gasteiger partial charge is 0.255 e. The van der Waals surface area contributed by atoms with Crippen LogP contribution in [0.25, 0.3) is 12.2 Å². The van der Waals surface area contributed by atoms with Crippen molar-refractivity contribution in [2.24, 2.45) is 0 Å². The molecular weight excluding hydrogens is 458 g/mol. The third-order valence-corrected chi connectivity index (χ3v) is 6.32. The van der Waals surface area contributed by atoms with Gasteiger partial charge in [0.15, 0.2) is 0 Å². The van der Waals surface area contributed by atoms with Crippen molar-refractivity contribution in [1.82, 2.24) is 19.4 Å². The predicted molar refractivity (Wildman–Crippen MR) is 141 cm³/mol. The zero-order chi connectivity index (χ0) is 24.0. The lowest BCUT2D eigenvalue weighted by Crippen LogP contribution is -2.48. The molecule has 6 nitrogen and oxygen atoms in total. The SMILES string of the molecule is O=C(c1cccnc1)N1CCN(c2ccc(/C=C/c3cc(Cl)cc(Cn4ccnc4)c3)cc2)CC1. The molecule has 0 aliphatic carbocycles. The second-order valence-corrected chi connectivity index (χ2v) is 9.01. The molecule has 1 aliphatic rings. The van der Waals surface area contributed by atoms with E-state index in [1.807, 2.05) is 33.9 Å². The minimum atomic E-state index is 0.0486. The maximum absolute atomic E-state index is 12.6. The van der Waals surface area contributed by atoms with Gasteiger partial charge in [-0.05, 0) is 59.2 Å². The zero-order valence-electron chi connectivity index (χ0n) is 19.3. The van der Waals surface area contributed by atoms with Crippen molar-refractivity contribution in [3.63, 3.8) is 0 Å². The highest BCUT2D eigenvalue weighted by Crippen LogP contribution is 2.21. The fourth-order valence-corrected chi connectivity index (χ4v) is 4.55. The van der Waals surface area contributed by atoms with Crippen LogP contribution in [0.5, 0.6) is 0 Å². The van der Waals surface area contributed by atoms with Gasteiger partial charge in [-0.3, -0.25) is 9.78 Å². The van der Waals surface area contributed by atoms with E-state index in [-0.39, 0.29) is 5.91 Å². The first-order chi connectivity index (χ1) is 17.1. The third kappa shape index (κ3) is 5.78. The number of benzene rings is 2. The number of hydrogen-bond acceptors (Lipinski definition) is 4. The van der Waals surface area contributed by atoms with E-state index in [9.17, 15) is 4.79 Å². The van der Waals surface area contributed by atoms with E-state index in [1.165, 1.54) is 5.69 Å². The van der Waals surface area contributed by atoms with E-state index in [4.69, 9.17) is 11.6 Å². The number of rotatable bonds is 6. The summed E-state index contributed by atoms with van der Waals surface area (Å²) in [6.45, 7) is 3.75. The van der Waals surface area contributed by atoms with Gasteiger partial charge in [-0.25, -0.2) is 4.98 Å². The Labute approximate surface area is 210 Å². The fourth-order valence-electron chi connectivity index (χ4n) is 4.28. The molecular formula is C28H26ClN5O. The predicted octanol–water partition coefficient (Wildman–Crippen LogP) is 5.11. The summed E-state index contributed by atoms with van der Waals surface area (Å²) in [5.74, 6) is 0.0486. The largest absolute Gasteiger partial charge is 0.368 e. The standard InChI is InChI=1S/C28H26ClN5O/c29-26-17-23(16-24(18-26)20-32-11-10-31-21-32)4-3-22-5-7-27(8-6-22)33-12-14-34(15-13-33)28(35)25-2-1-9-30-19-25/h1-11,16-19,21H,12-15,20H2/b4-3+. The quantitative estimate of drug-likeness (QED) is 0.357. The normalized spacial score (nSPS) is 14.0. The molecule has 1 saturated heterocycles. The number of hydrogen-bond donors (Lipinski definition) is 0. The van der Waals surface area contributed by atoms with Gasteiger partial charge < -0.3 is 14.4 Å². The number of nitrogens with zero attached hydrogens (tertiary/aromatic N) is 5. The van der Waals surface area contributed by atoms with Gasteiger partial charge in [-0.2, -0.15) is 0 Å². The van der Waals surface area contributed by atoms with E-state index in [1.54, 1.807) is 31.0 Å². The molecule has 35 heavy (non-hydrogen) atoms. The van der Waals surface area contributed by atoms with Crippen molar-refractivity contribution < 1.29 is 4.79 Å². The molecule has 4 aromatic rings. The molecule has 3 heterocycles. The molecule has 176 valence electrons. The topological polar surface area (TPSA) is 54.3 Å². The molecule has 1 amide bonds. The van der Waals surface area contributed by atoms with E-state index in [2.05, 4.69) is 57.4 Å². The lowest BCUT2D eigenvalue weighted by molar-refractivity contribution is 0.0746. The van der Waals surface area contributed by atoms with Crippen LogP contribution in [0, 0.1) is 0 Å². The van der Waals surface area contributed by atoms with E-state index >= 15 is 0 Å². The van der Waals surface area contributed by atoms with Gasteiger partial charge in [-0.1, -0.05) is 35.9 Å². The summed E-state index contributed by atoms with van der Waals surface area (Å²) in [6, 6.07) is 18.2. The minimum Gasteiger partial charge on any atom is -0.368 e. The minimum absolute atomic E-state index is 0.0486. The van der Waals surface area contributed by atoms with Crippen molar-refractivity contribution in [3.8, 4) is 0 Å². The summed E-state index contributed by atoms with van der Waals surface area (Å²) >= 11 is 6.35. The first-order valence-electron chi connectivity index (χ1n) is 11.6. The molecule has 5 rings (SSSR count). The van der Waals surface area contributed by atoms with Gasteiger partial charge in [-0.15, -0.1) is 0 Å². The van der Waals surface area contributed by atoms with E-state index < -0.39 is 0 Å². The molecule has 0 unspecified atom stereocenters. The highest BCUT2D eigenvalue weighted by Gasteiger charge is 2.22. The van der Waals surface area contributed by atoms with Gasteiger partial charge in [0.05, 0.1) is 11.9 Å². The van der Waals surface area contributed by atoms with Crippen LogP contribution in [0.2, 0.25) is 5.02 Å². The highest BCUT2D eigenvalue weighted by atomic mass is 35.5. The van der Waals surface area contributed by atoms with Crippen molar-refractivity contribution in [1.29, 1.82) is 0 Å². The highest BCUT2D eigenvalue weighted by molar-refractivity contribution is 6.30. The Balaban J connectivity index is 1.19. The lowest BCUT2D eigenvalue weighted by atomic mass is 10.1. The number of anilines is 1. The van der Waals surface area contributed by atoms with Crippen LogP contribution in [0.1, 0.15) is 27.0 Å². The molecule has 0 N–H and O–H groups in total. The van der Waals surface area contributed by atoms with Gasteiger partial charge in [0.2, 0.25) is 0 Å². The Morgan fingerprint density at radius 2 is 1.71 bits per heavy atom. The summed E-state index contributed by atoms with van der Waals surface area (Å²) in [7, 11) is 0. The maximum Gasteiger partial charge on any atom is 0.255 e. The summed E-state index contributed by atoms with van der Waals surface area (Å²) in [6.07, 6.45) is 13.0. The van der Waals surface area contributed by atoms with Crippen molar-refractivity contribution in [3.05, 3.63) is 113 Å². The molecule has 0 radical (unpaired) electrons. The molecule has 1 aliphatic heterocycles. The lowest BCUT2D eigenvalue weighted by Gasteiger charge is -2.36. The number of aromatic nitrogens is 3. The molecule has 0 saturated carbocycles. The van der Waals surface area contributed by atoms with Crippen LogP contribution in [0.4, 0.5) is 5.69 Å². The number of halogens is 1. The second-order valence-electron chi connectivity index (χ2n) is 8.57. The van der Waals surface area contributed by atoms with Crippen LogP contribution in [0.3, 0.4) is 0 Å². The Morgan fingerprint density at radius 1 is 0.914 bits per heavy atom. The molecule has 0 bridgehead atoms. The molecule has 7 heteroatoms. The van der Waals surface area contributed by atoms with Gasteiger partial charge in [0.25, 0.3) is 5.91 Å². The van der Waals surface area contributed by atoms with Crippen molar-refractivity contribution in [2.45, 2.75) is 6.54 Å². The van der Waals surface area contributed by atoms with Gasteiger partial charge >= 0.3 is 0 Å². The number of amides is 1. The van der Waals surface area contributed by atoms with Crippen LogP contribution in [0.15, 0.2) is 85.7 Å². The van der Waals surface area contributed by atoms with Crippen LogP contribution >= 0.6 is 11.6 Å².